The third kappa shape index (κ3) is 6.44. The van der Waals surface area contributed by atoms with Crippen molar-refractivity contribution in [3.05, 3.63) is 106 Å². The molecule has 0 N–H and O–H groups in total. The smallest absolute Gasteiger partial charge is 0.353 e. The van der Waals surface area contributed by atoms with E-state index in [-0.39, 0.29) is 18.9 Å². The molecule has 1 saturated heterocycles. The summed E-state index contributed by atoms with van der Waals surface area (Å²) in [6.45, 7) is 1.71. The number of Topliss-reactive ketones (excluding diaryl/α,β-unsaturated/α-hetero) is 1. The Bertz CT molecular complexity index is 1510. The summed E-state index contributed by atoms with van der Waals surface area (Å²) in [6, 6.07) is 24.2. The standard InChI is InChI=1S/C31H25NO7S/c1-20-4-10-24(11-5-20)38-25-14-8-23(9-15-25)32-18-22(17-29(32)34)30(35)37-19-27(33)21-6-12-26(13-7-21)39-31(36)28-3-2-16-40-28/h2-16,22H,17-19H2,1H3/t22-/m0/s1. The van der Waals surface area contributed by atoms with Gasteiger partial charge in [0.05, 0.1) is 5.92 Å². The lowest BCUT2D eigenvalue weighted by Crippen LogP contribution is -2.27. The first kappa shape index (κ1) is 26.8. The average Bonchev–Trinajstić information content (AvgIpc) is 3.64. The van der Waals surface area contributed by atoms with E-state index in [1.807, 2.05) is 31.2 Å². The third-order valence-corrected chi connectivity index (χ3v) is 7.17. The van der Waals surface area contributed by atoms with Crippen LogP contribution in [0.4, 0.5) is 5.69 Å². The van der Waals surface area contributed by atoms with Gasteiger partial charge in [0, 0.05) is 24.2 Å². The molecular weight excluding hydrogens is 530 g/mol. The van der Waals surface area contributed by atoms with Crippen molar-refractivity contribution in [3.63, 3.8) is 0 Å². The number of ether oxygens (including phenoxy) is 3. The molecule has 5 rings (SSSR count). The van der Waals surface area contributed by atoms with Gasteiger partial charge in [-0.1, -0.05) is 23.8 Å². The molecule has 0 unspecified atom stereocenters. The van der Waals surface area contributed by atoms with Gasteiger partial charge in [-0.25, -0.2) is 4.79 Å². The Hall–Kier alpha value is -4.76. The number of aryl methyl sites for hydroxylation is 1. The molecule has 0 saturated carbocycles. The Kier molecular flexibility index (Phi) is 8.02. The third-order valence-electron chi connectivity index (χ3n) is 6.32. The number of hydrogen-bond donors (Lipinski definition) is 0. The van der Waals surface area contributed by atoms with Crippen LogP contribution in [0.1, 0.15) is 32.0 Å². The first-order valence-electron chi connectivity index (χ1n) is 12.6. The fraction of sp³-hybridized carbons (Fsp3) is 0.161. The molecule has 202 valence electrons. The van der Waals surface area contributed by atoms with Gasteiger partial charge >= 0.3 is 11.9 Å². The summed E-state index contributed by atoms with van der Waals surface area (Å²) < 4.78 is 16.4. The molecular formula is C31H25NO7S. The molecule has 4 aromatic rings. The molecule has 1 aliphatic heterocycles. The van der Waals surface area contributed by atoms with Gasteiger partial charge in [-0.05, 0) is 79.0 Å². The van der Waals surface area contributed by atoms with Crippen molar-refractivity contribution in [2.75, 3.05) is 18.1 Å². The Labute approximate surface area is 234 Å². The maximum Gasteiger partial charge on any atom is 0.353 e. The van der Waals surface area contributed by atoms with Crippen LogP contribution in [0.5, 0.6) is 17.2 Å². The predicted molar refractivity (Wildman–Crippen MR) is 149 cm³/mol. The van der Waals surface area contributed by atoms with Crippen LogP contribution in [-0.2, 0) is 14.3 Å². The lowest BCUT2D eigenvalue weighted by atomic mass is 10.1. The van der Waals surface area contributed by atoms with Gasteiger partial charge in [-0.15, -0.1) is 11.3 Å². The summed E-state index contributed by atoms with van der Waals surface area (Å²) in [7, 11) is 0. The van der Waals surface area contributed by atoms with Gasteiger partial charge < -0.3 is 19.1 Å². The van der Waals surface area contributed by atoms with Crippen LogP contribution in [0, 0.1) is 12.8 Å². The molecule has 0 radical (unpaired) electrons. The predicted octanol–water partition coefficient (Wildman–Crippen LogP) is 5.85. The summed E-state index contributed by atoms with van der Waals surface area (Å²) in [5, 5.41) is 1.78. The van der Waals surface area contributed by atoms with E-state index in [1.165, 1.54) is 40.5 Å². The lowest BCUT2D eigenvalue weighted by molar-refractivity contribution is -0.147. The van der Waals surface area contributed by atoms with Gasteiger partial charge in [-0.3, -0.25) is 14.4 Å². The second-order valence-corrected chi connectivity index (χ2v) is 10.2. The number of hydrogen-bond acceptors (Lipinski definition) is 8. The number of benzene rings is 3. The first-order valence-corrected chi connectivity index (χ1v) is 13.4. The van der Waals surface area contributed by atoms with Gasteiger partial charge in [-0.2, -0.15) is 0 Å². The monoisotopic (exact) mass is 555 g/mol. The zero-order valence-electron chi connectivity index (χ0n) is 21.6. The van der Waals surface area contributed by atoms with Gasteiger partial charge in [0.25, 0.3) is 0 Å². The van der Waals surface area contributed by atoms with Crippen LogP contribution in [0.25, 0.3) is 0 Å². The van der Waals surface area contributed by atoms with Crippen LogP contribution < -0.4 is 14.4 Å². The quantitative estimate of drug-likeness (QED) is 0.145. The fourth-order valence-electron chi connectivity index (χ4n) is 4.15. The molecule has 3 aromatic carbocycles. The van der Waals surface area contributed by atoms with E-state index >= 15 is 0 Å². The molecule has 1 atom stereocenters. The van der Waals surface area contributed by atoms with Crippen molar-refractivity contribution in [2.24, 2.45) is 5.92 Å². The van der Waals surface area contributed by atoms with Gasteiger partial charge in [0.15, 0.2) is 12.4 Å². The van der Waals surface area contributed by atoms with Crippen LogP contribution in [-0.4, -0.2) is 36.8 Å². The molecule has 2 heterocycles. The number of amides is 1. The second kappa shape index (κ2) is 12.0. The van der Waals surface area contributed by atoms with Gasteiger partial charge in [0.1, 0.15) is 22.1 Å². The molecule has 0 aliphatic carbocycles. The molecule has 9 heteroatoms. The molecule has 1 aliphatic rings. The van der Waals surface area contributed by atoms with Crippen LogP contribution in [0.2, 0.25) is 0 Å². The molecule has 8 nitrogen and oxygen atoms in total. The zero-order valence-corrected chi connectivity index (χ0v) is 22.4. The highest BCUT2D eigenvalue weighted by atomic mass is 32.1. The van der Waals surface area contributed by atoms with Crippen molar-refractivity contribution in [3.8, 4) is 17.2 Å². The number of anilines is 1. The van der Waals surface area contributed by atoms with E-state index in [0.717, 1.165) is 5.56 Å². The zero-order chi connectivity index (χ0) is 28.1. The number of rotatable bonds is 9. The second-order valence-electron chi connectivity index (χ2n) is 9.24. The topological polar surface area (TPSA) is 99.2 Å². The van der Waals surface area contributed by atoms with E-state index in [2.05, 4.69) is 0 Å². The van der Waals surface area contributed by atoms with E-state index in [1.54, 1.807) is 41.8 Å². The lowest BCUT2D eigenvalue weighted by Gasteiger charge is -2.17. The Morgan fingerprint density at radius 1 is 0.875 bits per heavy atom. The van der Waals surface area contributed by atoms with E-state index in [0.29, 0.717) is 33.4 Å². The fourth-order valence-corrected chi connectivity index (χ4v) is 4.75. The first-order chi connectivity index (χ1) is 19.4. The number of esters is 2. The summed E-state index contributed by atoms with van der Waals surface area (Å²) in [5.41, 5.74) is 2.09. The van der Waals surface area contributed by atoms with E-state index < -0.39 is 30.2 Å². The number of carbonyl (C=O) groups is 4. The van der Waals surface area contributed by atoms with Crippen LogP contribution in [0.15, 0.2) is 90.3 Å². The number of carbonyl (C=O) groups excluding carboxylic acids is 4. The highest BCUT2D eigenvalue weighted by Crippen LogP contribution is 2.29. The van der Waals surface area contributed by atoms with Crippen molar-refractivity contribution in [1.29, 1.82) is 0 Å². The van der Waals surface area contributed by atoms with Crippen molar-refractivity contribution in [2.45, 2.75) is 13.3 Å². The highest BCUT2D eigenvalue weighted by molar-refractivity contribution is 7.12. The number of thiophene rings is 1. The Balaban J connectivity index is 1.11. The van der Waals surface area contributed by atoms with Crippen LogP contribution >= 0.6 is 11.3 Å². The maximum atomic E-state index is 12.6. The van der Waals surface area contributed by atoms with Crippen molar-refractivity contribution >= 4 is 40.7 Å². The SMILES string of the molecule is Cc1ccc(Oc2ccc(N3C[C@@H](C(=O)OCC(=O)c4ccc(OC(=O)c5cccs5)cc4)CC3=O)cc2)cc1. The molecule has 1 fully saturated rings. The van der Waals surface area contributed by atoms with Crippen molar-refractivity contribution < 1.29 is 33.4 Å². The summed E-state index contributed by atoms with van der Waals surface area (Å²) in [6.07, 6.45) is -0.00105. The Morgan fingerprint density at radius 2 is 1.52 bits per heavy atom. The van der Waals surface area contributed by atoms with Crippen molar-refractivity contribution in [1.82, 2.24) is 0 Å². The summed E-state index contributed by atoms with van der Waals surface area (Å²) in [5.74, 6) is -0.735. The van der Waals surface area contributed by atoms with E-state index in [4.69, 9.17) is 14.2 Å². The molecule has 0 bridgehead atoms. The number of nitrogens with zero attached hydrogens (tertiary/aromatic N) is 1. The molecule has 40 heavy (non-hydrogen) atoms. The summed E-state index contributed by atoms with van der Waals surface area (Å²) in [4.78, 5) is 51.9. The molecule has 0 spiro atoms. The summed E-state index contributed by atoms with van der Waals surface area (Å²) >= 11 is 1.27. The van der Waals surface area contributed by atoms with Gasteiger partial charge in [0.2, 0.25) is 5.91 Å². The Morgan fingerprint density at radius 3 is 2.17 bits per heavy atom. The van der Waals surface area contributed by atoms with Crippen LogP contribution in [0.3, 0.4) is 0 Å². The minimum atomic E-state index is -0.678. The largest absolute Gasteiger partial charge is 0.457 e. The minimum absolute atomic E-state index is 0.00105. The minimum Gasteiger partial charge on any atom is -0.457 e. The highest BCUT2D eigenvalue weighted by Gasteiger charge is 2.36. The molecule has 1 amide bonds. The van der Waals surface area contributed by atoms with E-state index in [9.17, 15) is 19.2 Å². The molecule has 1 aromatic heterocycles. The maximum absolute atomic E-state index is 12.6. The normalized spacial score (nSPS) is 14.6. The average molecular weight is 556 g/mol. The number of ketones is 1.